The minimum Gasteiger partial charge on any atom is -0.325 e. The Balaban J connectivity index is 1.94. The number of hydrogen-bond donors (Lipinski definition) is 1. The van der Waals surface area contributed by atoms with Crippen LogP contribution in [0.1, 0.15) is 25.7 Å². The molecule has 2 aliphatic heterocycles. The minimum absolute atomic E-state index is 0.0613. The Morgan fingerprint density at radius 2 is 1.90 bits per heavy atom. The third kappa shape index (κ3) is 3.09. The standard InChI is InChI=1S/C14H18N2O3S2/c17-14-6-9-20-13-5-4-11(10-12(13)15-14)21(18,19)16-7-2-1-3-8-16/h4-5,10H,1-3,6-9H2,(H,15,17). The van der Waals surface area contributed by atoms with E-state index in [2.05, 4.69) is 5.32 Å². The number of thioether (sulfide) groups is 1. The lowest BCUT2D eigenvalue weighted by Gasteiger charge is -2.26. The van der Waals surface area contributed by atoms with Gasteiger partial charge in [-0.05, 0) is 31.0 Å². The van der Waals surface area contributed by atoms with Crippen LogP contribution in [0.4, 0.5) is 5.69 Å². The fraction of sp³-hybridized carbons (Fsp3) is 0.500. The quantitative estimate of drug-likeness (QED) is 0.905. The number of sulfonamides is 1. The van der Waals surface area contributed by atoms with E-state index in [1.807, 2.05) is 0 Å². The third-order valence-electron chi connectivity index (χ3n) is 3.76. The van der Waals surface area contributed by atoms with Crippen LogP contribution in [0, 0.1) is 0 Å². The Kier molecular flexibility index (Phi) is 4.24. The SMILES string of the molecule is O=C1CCSc2ccc(S(=O)(=O)N3CCCCC3)cc2N1. The van der Waals surface area contributed by atoms with Crippen molar-refractivity contribution in [3.8, 4) is 0 Å². The van der Waals surface area contributed by atoms with Gasteiger partial charge in [-0.1, -0.05) is 6.42 Å². The van der Waals surface area contributed by atoms with Crippen molar-refractivity contribution in [2.24, 2.45) is 0 Å². The second kappa shape index (κ2) is 5.98. The van der Waals surface area contributed by atoms with Crippen molar-refractivity contribution < 1.29 is 13.2 Å². The molecule has 0 atom stereocenters. The molecular formula is C14H18N2O3S2. The Hall–Kier alpha value is -1.05. The summed E-state index contributed by atoms with van der Waals surface area (Å²) in [5, 5.41) is 2.80. The first-order valence-electron chi connectivity index (χ1n) is 7.14. The molecular weight excluding hydrogens is 308 g/mol. The summed E-state index contributed by atoms with van der Waals surface area (Å²) in [6, 6.07) is 5.03. The highest BCUT2D eigenvalue weighted by Crippen LogP contribution is 2.33. The van der Waals surface area contributed by atoms with E-state index in [0.29, 0.717) is 25.2 Å². The predicted octanol–water partition coefficient (Wildman–Crippen LogP) is 2.30. The molecule has 5 nitrogen and oxygen atoms in total. The molecule has 1 N–H and O–H groups in total. The van der Waals surface area contributed by atoms with Crippen LogP contribution in [0.25, 0.3) is 0 Å². The molecule has 0 aromatic heterocycles. The molecule has 1 saturated heterocycles. The van der Waals surface area contributed by atoms with E-state index < -0.39 is 10.0 Å². The number of nitrogens with zero attached hydrogens (tertiary/aromatic N) is 1. The van der Waals surface area contributed by atoms with E-state index in [1.54, 1.807) is 34.3 Å². The molecule has 1 amide bonds. The molecule has 3 rings (SSSR count). The van der Waals surface area contributed by atoms with Crippen LogP contribution in [0.5, 0.6) is 0 Å². The maximum absolute atomic E-state index is 12.6. The fourth-order valence-electron chi connectivity index (χ4n) is 2.61. The Labute approximate surface area is 129 Å². The van der Waals surface area contributed by atoms with Crippen LogP contribution in [-0.4, -0.2) is 37.5 Å². The second-order valence-corrected chi connectivity index (χ2v) is 8.34. The summed E-state index contributed by atoms with van der Waals surface area (Å²) in [5.41, 5.74) is 0.612. The zero-order valence-corrected chi connectivity index (χ0v) is 13.3. The number of carbonyl (C=O) groups excluding carboxylic acids is 1. The molecule has 0 spiro atoms. The van der Waals surface area contributed by atoms with Crippen LogP contribution in [0.2, 0.25) is 0 Å². The van der Waals surface area contributed by atoms with Gasteiger partial charge in [0.2, 0.25) is 15.9 Å². The number of rotatable bonds is 2. The van der Waals surface area contributed by atoms with E-state index in [9.17, 15) is 13.2 Å². The number of nitrogens with one attached hydrogen (secondary N) is 1. The topological polar surface area (TPSA) is 66.5 Å². The normalized spacial score (nSPS) is 20.5. The van der Waals surface area contributed by atoms with Crippen molar-refractivity contribution >= 4 is 33.4 Å². The summed E-state index contributed by atoms with van der Waals surface area (Å²) in [6.45, 7) is 1.17. The molecule has 0 unspecified atom stereocenters. The van der Waals surface area contributed by atoms with E-state index >= 15 is 0 Å². The van der Waals surface area contributed by atoms with E-state index in [1.165, 1.54) is 0 Å². The number of anilines is 1. The average Bonchev–Trinajstić information content (AvgIpc) is 2.68. The molecule has 21 heavy (non-hydrogen) atoms. The first-order valence-corrected chi connectivity index (χ1v) is 9.57. The molecule has 114 valence electrons. The van der Waals surface area contributed by atoms with Gasteiger partial charge < -0.3 is 5.32 Å². The van der Waals surface area contributed by atoms with Crippen molar-refractivity contribution in [2.75, 3.05) is 24.2 Å². The van der Waals surface area contributed by atoms with Crippen LogP contribution < -0.4 is 5.32 Å². The highest BCUT2D eigenvalue weighted by molar-refractivity contribution is 7.99. The molecule has 0 saturated carbocycles. The summed E-state index contributed by atoms with van der Waals surface area (Å²) in [7, 11) is -3.45. The Bertz CT molecular complexity index is 652. The molecule has 0 radical (unpaired) electrons. The lowest BCUT2D eigenvalue weighted by molar-refractivity contribution is -0.115. The van der Waals surface area contributed by atoms with Gasteiger partial charge in [-0.3, -0.25) is 4.79 Å². The van der Waals surface area contributed by atoms with Crippen LogP contribution in [0.15, 0.2) is 28.0 Å². The number of benzene rings is 1. The van der Waals surface area contributed by atoms with Gasteiger partial charge in [-0.2, -0.15) is 4.31 Å². The zero-order valence-electron chi connectivity index (χ0n) is 11.7. The van der Waals surface area contributed by atoms with Crippen LogP contribution in [0.3, 0.4) is 0 Å². The smallest absolute Gasteiger partial charge is 0.243 e. The minimum atomic E-state index is -3.45. The van der Waals surface area contributed by atoms with E-state index in [0.717, 1.165) is 29.9 Å². The van der Waals surface area contributed by atoms with Gasteiger partial charge in [0.05, 0.1) is 10.6 Å². The summed E-state index contributed by atoms with van der Waals surface area (Å²) in [4.78, 5) is 12.8. The van der Waals surface area contributed by atoms with Crippen LogP contribution >= 0.6 is 11.8 Å². The van der Waals surface area contributed by atoms with Gasteiger partial charge in [0, 0.05) is 30.2 Å². The Morgan fingerprint density at radius 3 is 2.67 bits per heavy atom. The number of piperidine rings is 1. The van der Waals surface area contributed by atoms with Gasteiger partial charge in [-0.15, -0.1) is 11.8 Å². The van der Waals surface area contributed by atoms with Gasteiger partial charge in [-0.25, -0.2) is 8.42 Å². The third-order valence-corrected chi connectivity index (χ3v) is 6.73. The molecule has 0 bridgehead atoms. The molecule has 2 heterocycles. The lowest BCUT2D eigenvalue weighted by Crippen LogP contribution is -2.35. The number of hydrogen-bond acceptors (Lipinski definition) is 4. The number of amides is 1. The molecule has 2 aliphatic rings. The van der Waals surface area contributed by atoms with Gasteiger partial charge >= 0.3 is 0 Å². The van der Waals surface area contributed by atoms with Crippen molar-refractivity contribution in [1.82, 2.24) is 4.31 Å². The van der Waals surface area contributed by atoms with Gasteiger partial charge in [0.1, 0.15) is 0 Å². The van der Waals surface area contributed by atoms with E-state index in [4.69, 9.17) is 0 Å². The van der Waals surface area contributed by atoms with Crippen molar-refractivity contribution in [1.29, 1.82) is 0 Å². The fourth-order valence-corrected chi connectivity index (χ4v) is 5.09. The molecule has 1 aromatic rings. The lowest BCUT2D eigenvalue weighted by atomic mass is 10.2. The largest absolute Gasteiger partial charge is 0.325 e. The monoisotopic (exact) mass is 326 g/mol. The molecule has 0 aliphatic carbocycles. The van der Waals surface area contributed by atoms with Crippen molar-refractivity contribution in [3.63, 3.8) is 0 Å². The first-order chi connectivity index (χ1) is 10.1. The number of fused-ring (bicyclic) bond motifs is 1. The Morgan fingerprint density at radius 1 is 1.14 bits per heavy atom. The predicted molar refractivity (Wildman–Crippen MR) is 83.0 cm³/mol. The van der Waals surface area contributed by atoms with Crippen molar-refractivity contribution in [3.05, 3.63) is 18.2 Å². The summed E-state index contributed by atoms with van der Waals surface area (Å²) >= 11 is 1.58. The number of carbonyl (C=O) groups is 1. The van der Waals surface area contributed by atoms with Gasteiger partial charge in [0.15, 0.2) is 0 Å². The van der Waals surface area contributed by atoms with Gasteiger partial charge in [0.25, 0.3) is 0 Å². The van der Waals surface area contributed by atoms with Crippen molar-refractivity contribution in [2.45, 2.75) is 35.5 Å². The highest BCUT2D eigenvalue weighted by Gasteiger charge is 2.27. The maximum Gasteiger partial charge on any atom is 0.243 e. The molecule has 7 heteroatoms. The molecule has 1 aromatic carbocycles. The highest BCUT2D eigenvalue weighted by atomic mass is 32.2. The summed E-state index contributed by atoms with van der Waals surface area (Å²) < 4.78 is 26.8. The second-order valence-electron chi connectivity index (χ2n) is 5.27. The van der Waals surface area contributed by atoms with Crippen LogP contribution in [-0.2, 0) is 14.8 Å². The first kappa shape index (κ1) is 14.9. The molecule has 1 fully saturated rings. The zero-order chi connectivity index (χ0) is 14.9. The summed E-state index contributed by atoms with van der Waals surface area (Å²) in [5.74, 6) is 0.658. The maximum atomic E-state index is 12.6. The summed E-state index contributed by atoms with van der Waals surface area (Å²) in [6.07, 6.45) is 3.37. The van der Waals surface area contributed by atoms with E-state index in [-0.39, 0.29) is 10.8 Å². The average molecular weight is 326 g/mol.